The summed E-state index contributed by atoms with van der Waals surface area (Å²) in [4.78, 5) is 7.81. The molecule has 0 saturated carbocycles. The van der Waals surface area contributed by atoms with Crippen molar-refractivity contribution in [1.29, 1.82) is 0 Å². The van der Waals surface area contributed by atoms with Crippen LogP contribution in [0.4, 0.5) is 17.1 Å². The first-order valence-electron chi connectivity index (χ1n) is 22.7. The van der Waals surface area contributed by atoms with Crippen LogP contribution in [-0.2, 0) is 5.41 Å². The lowest BCUT2D eigenvalue weighted by molar-refractivity contribution is 0.768. The van der Waals surface area contributed by atoms with E-state index in [2.05, 4.69) is 272 Å². The largest absolute Gasteiger partial charge is 0.310 e. The molecule has 2 nitrogen and oxygen atoms in total. The number of fused-ring (bicyclic) bond motifs is 4. The Balaban J connectivity index is 1.03. The molecule has 2 heteroatoms. The van der Waals surface area contributed by atoms with Crippen LogP contribution < -0.4 is 4.90 Å². The van der Waals surface area contributed by atoms with Crippen LogP contribution in [0.2, 0.25) is 0 Å². The lowest BCUT2D eigenvalue weighted by Crippen LogP contribution is -2.28. The molecule has 12 rings (SSSR count). The Labute approximate surface area is 386 Å². The van der Waals surface area contributed by atoms with Crippen LogP contribution >= 0.6 is 0 Å². The molecule has 11 aromatic rings. The van der Waals surface area contributed by atoms with Gasteiger partial charge in [-0.25, -0.2) is 4.98 Å². The zero-order valence-corrected chi connectivity index (χ0v) is 36.3. The quantitative estimate of drug-likeness (QED) is 0.144. The van der Waals surface area contributed by atoms with E-state index in [1.165, 1.54) is 55.6 Å². The molecule has 1 aromatic heterocycles. The van der Waals surface area contributed by atoms with Crippen LogP contribution in [0.3, 0.4) is 0 Å². The van der Waals surface area contributed by atoms with Crippen molar-refractivity contribution >= 4 is 28.0 Å². The summed E-state index contributed by atoms with van der Waals surface area (Å²) in [5, 5.41) is 1.12. The fourth-order valence-electron chi connectivity index (χ4n) is 10.3. The minimum Gasteiger partial charge on any atom is -0.310 e. The van der Waals surface area contributed by atoms with E-state index in [0.717, 1.165) is 50.3 Å². The predicted molar refractivity (Wildman–Crippen MR) is 275 cm³/mol. The molecule has 310 valence electrons. The Morgan fingerprint density at radius 3 is 1.38 bits per heavy atom. The van der Waals surface area contributed by atoms with Gasteiger partial charge in [0, 0.05) is 33.6 Å². The molecule has 1 heterocycles. The summed E-state index contributed by atoms with van der Waals surface area (Å²) in [5.74, 6) is 0. The van der Waals surface area contributed by atoms with Gasteiger partial charge in [0.25, 0.3) is 0 Å². The fraction of sp³-hybridized carbons (Fsp3) is 0.0156. The molecular formula is C64H44N2. The Morgan fingerprint density at radius 2 is 0.758 bits per heavy atom. The van der Waals surface area contributed by atoms with Gasteiger partial charge >= 0.3 is 0 Å². The molecule has 0 bridgehead atoms. The maximum absolute atomic E-state index is 5.43. The molecule has 1 aliphatic rings. The first-order chi connectivity index (χ1) is 32.7. The van der Waals surface area contributed by atoms with Crippen molar-refractivity contribution in [2.45, 2.75) is 5.41 Å². The summed E-state index contributed by atoms with van der Waals surface area (Å²) in [6.45, 7) is 0. The van der Waals surface area contributed by atoms with E-state index in [-0.39, 0.29) is 0 Å². The van der Waals surface area contributed by atoms with E-state index in [1.54, 1.807) is 0 Å². The third-order valence-electron chi connectivity index (χ3n) is 13.3. The molecule has 0 fully saturated rings. The van der Waals surface area contributed by atoms with E-state index in [1.807, 2.05) is 0 Å². The highest BCUT2D eigenvalue weighted by Crippen LogP contribution is 2.58. The number of hydrogen-bond acceptors (Lipinski definition) is 2. The first kappa shape index (κ1) is 39.0. The number of para-hydroxylation sites is 2. The maximum atomic E-state index is 5.43. The summed E-state index contributed by atoms with van der Waals surface area (Å²) in [7, 11) is 0. The van der Waals surface area contributed by atoms with Crippen molar-refractivity contribution in [2.75, 3.05) is 4.90 Å². The minimum absolute atomic E-state index is 0.596. The van der Waals surface area contributed by atoms with Crippen molar-refractivity contribution in [1.82, 2.24) is 4.98 Å². The van der Waals surface area contributed by atoms with E-state index in [0.29, 0.717) is 0 Å². The Morgan fingerprint density at radius 1 is 0.288 bits per heavy atom. The Bertz CT molecular complexity index is 3440. The third kappa shape index (κ3) is 6.71. The van der Waals surface area contributed by atoms with Gasteiger partial charge in [-0.15, -0.1) is 0 Å². The summed E-state index contributed by atoms with van der Waals surface area (Å²) in [6.07, 6.45) is 0. The number of aromatic nitrogens is 1. The molecular weight excluding hydrogens is 797 g/mol. The average molecular weight is 841 g/mol. The standard InChI is InChI=1S/C64H44N2/c1-6-18-45(19-7-1)46-30-32-47(33-31-46)48-34-37-55(38-35-48)66(54-27-14-5-15-28-54)56-39-41-60-59(44-56)57-40-36-51(43-61(57)64(60,52-23-10-3-11-24-52)53-25-12-4-13-26-53)63-58(49-20-8-2-9-21-49)42-50-22-16-17-29-62(50)65-63/h1-44H. The van der Waals surface area contributed by atoms with E-state index in [4.69, 9.17) is 4.98 Å². The molecule has 1 aliphatic carbocycles. The summed E-state index contributed by atoms with van der Waals surface area (Å²) >= 11 is 0. The number of pyridine rings is 1. The fourth-order valence-corrected chi connectivity index (χ4v) is 10.3. The molecule has 0 saturated heterocycles. The third-order valence-corrected chi connectivity index (χ3v) is 13.3. The number of nitrogens with zero attached hydrogens (tertiary/aromatic N) is 2. The van der Waals surface area contributed by atoms with Crippen LogP contribution in [0.1, 0.15) is 22.3 Å². The van der Waals surface area contributed by atoms with Crippen molar-refractivity contribution in [3.63, 3.8) is 0 Å². The molecule has 0 atom stereocenters. The van der Waals surface area contributed by atoms with Crippen molar-refractivity contribution in [2.24, 2.45) is 0 Å². The summed E-state index contributed by atoms with van der Waals surface area (Å²) in [6, 6.07) is 96.8. The number of anilines is 3. The smallest absolute Gasteiger partial charge is 0.0788 e. The van der Waals surface area contributed by atoms with Gasteiger partial charge < -0.3 is 4.90 Å². The van der Waals surface area contributed by atoms with Crippen molar-refractivity contribution < 1.29 is 0 Å². The highest BCUT2D eigenvalue weighted by Gasteiger charge is 2.46. The van der Waals surface area contributed by atoms with Gasteiger partial charge in [0.1, 0.15) is 0 Å². The highest BCUT2D eigenvalue weighted by atomic mass is 15.1. The zero-order valence-electron chi connectivity index (χ0n) is 36.3. The zero-order chi connectivity index (χ0) is 43.9. The highest BCUT2D eigenvalue weighted by molar-refractivity contribution is 5.95. The predicted octanol–water partition coefficient (Wildman–Crippen LogP) is 16.7. The van der Waals surface area contributed by atoms with Crippen LogP contribution in [0.15, 0.2) is 267 Å². The van der Waals surface area contributed by atoms with Gasteiger partial charge in [0.05, 0.1) is 16.6 Å². The number of hydrogen-bond donors (Lipinski definition) is 0. The average Bonchev–Trinajstić information content (AvgIpc) is 3.69. The Hall–Kier alpha value is -8.59. The second kappa shape index (κ2) is 16.5. The van der Waals surface area contributed by atoms with Gasteiger partial charge in [-0.05, 0) is 116 Å². The summed E-state index contributed by atoms with van der Waals surface area (Å²) in [5.41, 5.74) is 20.2. The van der Waals surface area contributed by atoms with Crippen LogP contribution in [0.5, 0.6) is 0 Å². The van der Waals surface area contributed by atoms with Crippen LogP contribution in [0.25, 0.3) is 66.7 Å². The molecule has 0 spiro atoms. The van der Waals surface area contributed by atoms with E-state index < -0.39 is 5.41 Å². The monoisotopic (exact) mass is 840 g/mol. The molecule has 0 radical (unpaired) electrons. The molecule has 0 aliphatic heterocycles. The van der Waals surface area contributed by atoms with Gasteiger partial charge in [-0.2, -0.15) is 0 Å². The number of rotatable bonds is 9. The molecule has 0 unspecified atom stereocenters. The SMILES string of the molecule is c1ccc(-c2ccc(-c3ccc(N(c4ccccc4)c4ccc5c(c4)-c4ccc(-c6nc7ccccc7cc6-c6ccccc6)cc4C5(c4ccccc4)c4ccccc4)cc3)cc2)cc1. The normalized spacial score (nSPS) is 12.4. The number of benzene rings is 10. The molecule has 0 amide bonds. The van der Waals surface area contributed by atoms with Gasteiger partial charge in [-0.3, -0.25) is 0 Å². The Kier molecular flexibility index (Phi) is 9.77. The van der Waals surface area contributed by atoms with Crippen LogP contribution in [0, 0.1) is 0 Å². The maximum Gasteiger partial charge on any atom is 0.0788 e. The van der Waals surface area contributed by atoms with Crippen molar-refractivity contribution in [3.8, 4) is 55.8 Å². The first-order valence-corrected chi connectivity index (χ1v) is 22.7. The van der Waals surface area contributed by atoms with Gasteiger partial charge in [0.15, 0.2) is 0 Å². The second-order valence-corrected chi connectivity index (χ2v) is 17.1. The van der Waals surface area contributed by atoms with E-state index >= 15 is 0 Å². The van der Waals surface area contributed by atoms with Crippen molar-refractivity contribution in [3.05, 3.63) is 289 Å². The van der Waals surface area contributed by atoms with Gasteiger partial charge in [0.2, 0.25) is 0 Å². The molecule has 0 N–H and O–H groups in total. The van der Waals surface area contributed by atoms with Crippen LogP contribution in [-0.4, -0.2) is 4.98 Å². The lowest BCUT2D eigenvalue weighted by Gasteiger charge is -2.34. The molecule has 66 heavy (non-hydrogen) atoms. The second-order valence-electron chi connectivity index (χ2n) is 17.1. The van der Waals surface area contributed by atoms with E-state index in [9.17, 15) is 0 Å². The topological polar surface area (TPSA) is 16.1 Å². The molecule has 10 aromatic carbocycles. The summed E-state index contributed by atoms with van der Waals surface area (Å²) < 4.78 is 0. The minimum atomic E-state index is -0.596. The van der Waals surface area contributed by atoms with Gasteiger partial charge in [-0.1, -0.05) is 212 Å². The lowest BCUT2D eigenvalue weighted by atomic mass is 9.67.